The minimum atomic E-state index is -1.93. The van der Waals surface area contributed by atoms with E-state index in [2.05, 4.69) is 0 Å². The predicted molar refractivity (Wildman–Crippen MR) is 371 cm³/mol. The number of hydrogen-bond acceptors (Lipinski definition) is 29. The molecular formula is C75H108O29. The van der Waals surface area contributed by atoms with Crippen LogP contribution in [0.3, 0.4) is 0 Å². The van der Waals surface area contributed by atoms with E-state index in [-0.39, 0.29) is 30.8 Å². The molecule has 4 aliphatic heterocycles. The molecule has 6 aliphatic rings. The molecule has 29 nitrogen and oxygen atoms in total. The summed E-state index contributed by atoms with van der Waals surface area (Å²) in [5.41, 5.74) is 5.87. The van der Waals surface area contributed by atoms with Crippen LogP contribution in [0, 0.1) is 10.8 Å². The molecule has 13 N–H and O–H groups in total. The second-order valence-electron chi connectivity index (χ2n) is 27.9. The summed E-state index contributed by atoms with van der Waals surface area (Å²) in [6.07, 6.45) is -8.39. The monoisotopic (exact) mass is 1470 g/mol. The SMILES string of the molecule is C/C=C(C)/C=C/C1=C(C)C(=O)C(OC(=O)CCC(=O)OCC2OC(O)C(O)C(O)C2OC2OC(CC)C(O)C(O)C2O)CC1(C)C.C/C=C/C(C)=C/C=C/C=C(C)/C=C/C=C(C)/C=C/C1=C(C)C(=O)C(OC(=O)CCC(=O)OCC2OC(O)C(O)C(O)C2OC2OC(CO)C(O)C(O)C2O)CC1(C)C. The molecule has 0 aromatic heterocycles. The van der Waals surface area contributed by atoms with Crippen LogP contribution < -0.4 is 0 Å². The van der Waals surface area contributed by atoms with Gasteiger partial charge in [-0.2, -0.15) is 0 Å². The van der Waals surface area contributed by atoms with Crippen LogP contribution in [0.4, 0.5) is 0 Å². The van der Waals surface area contributed by atoms with Crippen LogP contribution in [0.5, 0.6) is 0 Å². The van der Waals surface area contributed by atoms with Gasteiger partial charge in [-0.15, -0.1) is 0 Å². The number of hydrogen-bond donors (Lipinski definition) is 13. The van der Waals surface area contributed by atoms with Crippen molar-refractivity contribution in [2.75, 3.05) is 19.8 Å². The third-order valence-corrected chi connectivity index (χ3v) is 18.7. The molecule has 0 amide bonds. The molecule has 0 aromatic rings. The van der Waals surface area contributed by atoms with E-state index in [1.807, 2.05) is 154 Å². The molecule has 4 heterocycles. The van der Waals surface area contributed by atoms with Crippen LogP contribution in [0.15, 0.2) is 130 Å². The van der Waals surface area contributed by atoms with Crippen molar-refractivity contribution in [3.05, 3.63) is 130 Å². The lowest BCUT2D eigenvalue weighted by Gasteiger charge is -2.45. The van der Waals surface area contributed by atoms with E-state index in [1.165, 1.54) is 0 Å². The van der Waals surface area contributed by atoms with Crippen molar-refractivity contribution in [1.82, 2.24) is 0 Å². The Morgan fingerprint density at radius 3 is 1.24 bits per heavy atom. The van der Waals surface area contributed by atoms with Crippen LogP contribution in [0.1, 0.15) is 135 Å². The Morgan fingerprint density at radius 2 is 0.837 bits per heavy atom. The highest BCUT2D eigenvalue weighted by molar-refractivity contribution is 6.02. The zero-order valence-corrected chi connectivity index (χ0v) is 61.2. The molecule has 22 atom stereocenters. The van der Waals surface area contributed by atoms with Crippen molar-refractivity contribution in [2.24, 2.45) is 10.8 Å². The molecule has 582 valence electrons. The maximum atomic E-state index is 13.3. The first-order valence-corrected chi connectivity index (χ1v) is 34.7. The summed E-state index contributed by atoms with van der Waals surface area (Å²) in [5.74, 6) is -4.03. The summed E-state index contributed by atoms with van der Waals surface area (Å²) in [6, 6.07) is 0. The van der Waals surface area contributed by atoms with Gasteiger partial charge in [0, 0.05) is 12.8 Å². The maximum absolute atomic E-state index is 13.3. The van der Waals surface area contributed by atoms with E-state index in [4.69, 9.17) is 47.4 Å². The van der Waals surface area contributed by atoms with Crippen LogP contribution in [0.25, 0.3) is 0 Å². The van der Waals surface area contributed by atoms with Crippen LogP contribution in [-0.4, -0.2) is 257 Å². The quantitative estimate of drug-likeness (QED) is 0.0319. The van der Waals surface area contributed by atoms with E-state index >= 15 is 0 Å². The van der Waals surface area contributed by atoms with Crippen molar-refractivity contribution < 1.29 is 143 Å². The van der Waals surface area contributed by atoms with Crippen molar-refractivity contribution in [3.63, 3.8) is 0 Å². The van der Waals surface area contributed by atoms with E-state index in [1.54, 1.807) is 20.8 Å². The molecule has 4 saturated heterocycles. The molecule has 0 spiro atoms. The standard InChI is InChI=1S/C43H60O15.C32H48O14/c1-8-12-24(2)13-9-10-14-25(3)15-11-16-26(4)17-18-28-27(5)34(47)29(21-43(28,6)7)55-33(46)20-19-32(45)54-23-31-40(37(50)38(51)41(53)56-31)58-42-39(52)36(49)35(48)30(22-44)57-42;1-7-15(3)9-10-17-16(4)23(35)19(13-32(17,5)6)43-22(34)12-11-21(33)42-14-20-29(26(38)27(39)30(41)44-20)46-31-28(40)25(37)24(36)18(8-2)45-31/h8-18,29-31,35-42,44,48-53H,19-23H2,1-7H3;7,9-10,18-20,24-31,36-41H,8,11-14H2,1-6H3/b10-9+,12-8+,15-11+,18-17+,24-13+,25-14+,26-16+;10-9+,15-7+. The van der Waals surface area contributed by atoms with Crippen molar-refractivity contribution in [1.29, 1.82) is 0 Å². The van der Waals surface area contributed by atoms with Crippen LogP contribution >= 0.6 is 0 Å². The molecule has 0 saturated carbocycles. The lowest BCUT2D eigenvalue weighted by Crippen LogP contribution is -2.64. The van der Waals surface area contributed by atoms with Crippen molar-refractivity contribution in [2.45, 2.75) is 270 Å². The Kier molecular flexibility index (Phi) is 34.4. The summed E-state index contributed by atoms with van der Waals surface area (Å²) in [6.45, 7) is 22.7. The Balaban J connectivity index is 0.000000384. The number of carbonyl (C=O) groups excluding carboxylic acids is 6. The number of ketones is 2. The first kappa shape index (κ1) is 88.2. The highest BCUT2D eigenvalue weighted by atomic mass is 16.7. The Hall–Kier alpha value is -6.40. The van der Waals surface area contributed by atoms with Gasteiger partial charge < -0.3 is 114 Å². The average Bonchev–Trinajstić information content (AvgIpc) is 0.800. The number of rotatable bonds is 27. The molecule has 2 aliphatic carbocycles. The maximum Gasteiger partial charge on any atom is 0.307 e. The number of aliphatic hydroxyl groups is 13. The molecule has 0 aromatic carbocycles. The minimum absolute atomic E-state index is 0.216. The molecule has 4 fully saturated rings. The number of carbonyl (C=O) groups is 6. The van der Waals surface area contributed by atoms with Gasteiger partial charge in [0.25, 0.3) is 0 Å². The second kappa shape index (κ2) is 40.5. The van der Waals surface area contributed by atoms with Gasteiger partial charge in [0.2, 0.25) is 0 Å². The fraction of sp³-hybridized carbons (Fsp3) is 0.627. The lowest BCUT2D eigenvalue weighted by atomic mass is 9.71. The van der Waals surface area contributed by atoms with Gasteiger partial charge in [-0.05, 0) is 94.9 Å². The minimum Gasteiger partial charge on any atom is -0.463 e. The summed E-state index contributed by atoms with van der Waals surface area (Å²) in [7, 11) is 0. The fourth-order valence-corrected chi connectivity index (χ4v) is 12.3. The number of Topliss-reactive ketones (excluding diaryl/α,β-unsaturated/α-hetero) is 2. The molecule has 22 unspecified atom stereocenters. The van der Waals surface area contributed by atoms with E-state index in [9.17, 15) is 95.2 Å². The van der Waals surface area contributed by atoms with Crippen molar-refractivity contribution >= 4 is 35.4 Å². The second-order valence-corrected chi connectivity index (χ2v) is 27.9. The smallest absolute Gasteiger partial charge is 0.307 e. The average molecular weight is 1470 g/mol. The van der Waals surface area contributed by atoms with Gasteiger partial charge in [0.15, 0.2) is 48.9 Å². The zero-order chi connectivity index (χ0) is 77.8. The Bertz CT molecular complexity index is 3290. The Labute approximate surface area is 606 Å². The highest BCUT2D eigenvalue weighted by Crippen LogP contribution is 2.43. The molecule has 0 radical (unpaired) electrons. The van der Waals surface area contributed by atoms with Gasteiger partial charge in [-0.25, -0.2) is 0 Å². The number of aliphatic hydroxyl groups excluding tert-OH is 13. The molecule has 6 rings (SSSR count). The number of ether oxygens (including phenoxy) is 10. The van der Waals surface area contributed by atoms with Gasteiger partial charge in [0.05, 0.1) is 38.4 Å². The van der Waals surface area contributed by atoms with Gasteiger partial charge in [-0.3, -0.25) is 28.8 Å². The largest absolute Gasteiger partial charge is 0.463 e. The molecule has 29 heteroatoms. The van der Waals surface area contributed by atoms with E-state index in [0.717, 1.165) is 33.4 Å². The summed E-state index contributed by atoms with van der Waals surface area (Å²) in [4.78, 5) is 76.9. The van der Waals surface area contributed by atoms with Gasteiger partial charge >= 0.3 is 23.9 Å². The zero-order valence-electron chi connectivity index (χ0n) is 61.2. The van der Waals surface area contributed by atoms with E-state index in [0.29, 0.717) is 11.1 Å². The van der Waals surface area contributed by atoms with Crippen molar-refractivity contribution in [3.8, 4) is 0 Å². The van der Waals surface area contributed by atoms with E-state index < -0.39 is 215 Å². The summed E-state index contributed by atoms with van der Waals surface area (Å²) in [5, 5.41) is 132. The molecule has 0 bridgehead atoms. The first-order chi connectivity index (χ1) is 48.8. The van der Waals surface area contributed by atoms with Gasteiger partial charge in [0.1, 0.15) is 105 Å². The predicted octanol–water partition coefficient (Wildman–Crippen LogP) is 2.35. The van der Waals surface area contributed by atoms with Crippen LogP contribution in [0.2, 0.25) is 0 Å². The topological polar surface area (TPSA) is 458 Å². The summed E-state index contributed by atoms with van der Waals surface area (Å²) < 4.78 is 53.9. The first-order valence-electron chi connectivity index (χ1n) is 34.7. The molecular weight excluding hydrogens is 1360 g/mol. The van der Waals surface area contributed by atoms with Crippen LogP contribution in [-0.2, 0) is 76.1 Å². The number of esters is 4. The third-order valence-electron chi connectivity index (χ3n) is 18.7. The fourth-order valence-electron chi connectivity index (χ4n) is 12.3. The highest BCUT2D eigenvalue weighted by Gasteiger charge is 2.53. The third kappa shape index (κ3) is 24.3. The normalized spacial score (nSPS) is 34.7. The Morgan fingerprint density at radius 1 is 0.462 bits per heavy atom. The molecule has 104 heavy (non-hydrogen) atoms. The number of allylic oxidation sites excluding steroid dienone is 20. The van der Waals surface area contributed by atoms with Gasteiger partial charge in [-0.1, -0.05) is 142 Å². The summed E-state index contributed by atoms with van der Waals surface area (Å²) >= 11 is 0. The lowest BCUT2D eigenvalue weighted by molar-refractivity contribution is -0.355.